The molecule has 0 radical (unpaired) electrons. The first kappa shape index (κ1) is 13.5. The molecule has 16 heavy (non-hydrogen) atoms. The van der Waals surface area contributed by atoms with Crippen molar-refractivity contribution < 1.29 is 9.47 Å². The number of ether oxygens (including phenoxy) is 2. The monoisotopic (exact) mass is 287 g/mol. The third-order valence-corrected chi connectivity index (χ3v) is 2.60. The minimum Gasteiger partial charge on any atom is -0.385 e. The van der Waals surface area contributed by atoms with Crippen molar-refractivity contribution >= 4 is 21.6 Å². The van der Waals surface area contributed by atoms with E-state index >= 15 is 0 Å². The smallest absolute Gasteiger partial charge is 0.0700 e. The first-order valence-corrected chi connectivity index (χ1v) is 6.18. The van der Waals surface area contributed by atoms with Crippen LogP contribution in [0.5, 0.6) is 0 Å². The van der Waals surface area contributed by atoms with Gasteiger partial charge in [-0.05, 0) is 30.7 Å². The van der Waals surface area contributed by atoms with E-state index in [4.69, 9.17) is 9.47 Å². The van der Waals surface area contributed by atoms with Crippen LogP contribution >= 0.6 is 15.9 Å². The zero-order valence-electron chi connectivity index (χ0n) is 9.54. The fraction of sp³-hybridized carbons (Fsp3) is 0.500. The van der Waals surface area contributed by atoms with Gasteiger partial charge >= 0.3 is 0 Å². The Labute approximate surface area is 105 Å². The highest BCUT2D eigenvalue weighted by atomic mass is 79.9. The van der Waals surface area contributed by atoms with Gasteiger partial charge in [0.1, 0.15) is 0 Å². The molecule has 3 nitrogen and oxygen atoms in total. The summed E-state index contributed by atoms with van der Waals surface area (Å²) in [4.78, 5) is 0. The summed E-state index contributed by atoms with van der Waals surface area (Å²) in [5, 5.41) is 3.33. The molecule has 0 aliphatic heterocycles. The van der Waals surface area contributed by atoms with Gasteiger partial charge in [0.05, 0.1) is 13.2 Å². The summed E-state index contributed by atoms with van der Waals surface area (Å²) in [6.07, 6.45) is 1.000. The van der Waals surface area contributed by atoms with E-state index in [1.165, 1.54) is 0 Å². The van der Waals surface area contributed by atoms with Crippen LogP contribution in [-0.2, 0) is 9.47 Å². The Balaban J connectivity index is 2.01. The second kappa shape index (κ2) is 8.56. The summed E-state index contributed by atoms with van der Waals surface area (Å²) in [6.45, 7) is 3.04. The number of benzene rings is 1. The number of hydrogen-bond acceptors (Lipinski definition) is 3. The van der Waals surface area contributed by atoms with Gasteiger partial charge in [0.25, 0.3) is 0 Å². The van der Waals surface area contributed by atoms with Crippen LogP contribution in [0.15, 0.2) is 28.7 Å². The fourth-order valence-electron chi connectivity index (χ4n) is 1.22. The standard InChI is InChI=1S/C12H18BrNO2/c1-15-9-10-16-8-2-7-14-12-5-3-11(13)4-6-12/h3-6,14H,2,7-10H2,1H3. The molecule has 0 amide bonds. The second-order valence-corrected chi connectivity index (χ2v) is 4.31. The molecular weight excluding hydrogens is 270 g/mol. The third-order valence-electron chi connectivity index (χ3n) is 2.07. The number of anilines is 1. The first-order chi connectivity index (χ1) is 7.83. The Bertz CT molecular complexity index is 277. The molecule has 0 bridgehead atoms. The first-order valence-electron chi connectivity index (χ1n) is 5.39. The Morgan fingerprint density at radius 1 is 1.12 bits per heavy atom. The normalized spacial score (nSPS) is 10.4. The number of methoxy groups -OCH3 is 1. The molecule has 0 aromatic heterocycles. The number of rotatable bonds is 8. The maximum Gasteiger partial charge on any atom is 0.0700 e. The van der Waals surface area contributed by atoms with Crippen LogP contribution in [0.4, 0.5) is 5.69 Å². The lowest BCUT2D eigenvalue weighted by atomic mass is 10.3. The maximum atomic E-state index is 5.36. The number of halogens is 1. The largest absolute Gasteiger partial charge is 0.385 e. The van der Waals surface area contributed by atoms with Crippen molar-refractivity contribution in [1.29, 1.82) is 0 Å². The van der Waals surface area contributed by atoms with Crippen molar-refractivity contribution in [3.63, 3.8) is 0 Å². The molecule has 1 N–H and O–H groups in total. The highest BCUT2D eigenvalue weighted by molar-refractivity contribution is 9.10. The Kier molecular flexibility index (Phi) is 7.21. The second-order valence-electron chi connectivity index (χ2n) is 3.39. The van der Waals surface area contributed by atoms with Crippen molar-refractivity contribution in [3.8, 4) is 0 Å². The summed E-state index contributed by atoms with van der Waals surface area (Å²) in [5.41, 5.74) is 1.14. The molecule has 0 heterocycles. The summed E-state index contributed by atoms with van der Waals surface area (Å²) < 4.78 is 11.3. The van der Waals surface area contributed by atoms with Crippen molar-refractivity contribution in [2.45, 2.75) is 6.42 Å². The summed E-state index contributed by atoms with van der Waals surface area (Å²) >= 11 is 3.40. The molecule has 0 saturated carbocycles. The lowest BCUT2D eigenvalue weighted by Crippen LogP contribution is -2.08. The van der Waals surface area contributed by atoms with Gasteiger partial charge in [0.2, 0.25) is 0 Å². The van der Waals surface area contributed by atoms with Crippen LogP contribution in [0.3, 0.4) is 0 Å². The van der Waals surface area contributed by atoms with Crippen molar-refractivity contribution in [2.24, 2.45) is 0 Å². The lowest BCUT2D eigenvalue weighted by Gasteiger charge is -2.07. The molecule has 0 fully saturated rings. The van der Waals surface area contributed by atoms with Crippen LogP contribution in [0, 0.1) is 0 Å². The van der Waals surface area contributed by atoms with Crippen LogP contribution in [0.2, 0.25) is 0 Å². The van der Waals surface area contributed by atoms with E-state index in [0.717, 1.165) is 29.7 Å². The number of hydrogen-bond donors (Lipinski definition) is 1. The fourth-order valence-corrected chi connectivity index (χ4v) is 1.48. The molecule has 1 aromatic carbocycles. The minimum atomic E-state index is 0.667. The molecular formula is C12H18BrNO2. The van der Waals surface area contributed by atoms with Crippen molar-refractivity contribution in [1.82, 2.24) is 0 Å². The van der Waals surface area contributed by atoms with Crippen molar-refractivity contribution in [2.75, 3.05) is 38.8 Å². The van der Waals surface area contributed by atoms with E-state index in [0.29, 0.717) is 13.2 Å². The molecule has 1 aromatic rings. The Hall–Kier alpha value is -0.580. The van der Waals surface area contributed by atoms with Crippen LogP contribution < -0.4 is 5.32 Å². The SMILES string of the molecule is COCCOCCCNc1ccc(Br)cc1. The molecule has 0 aliphatic rings. The van der Waals surface area contributed by atoms with E-state index in [1.807, 2.05) is 12.1 Å². The van der Waals surface area contributed by atoms with Gasteiger partial charge < -0.3 is 14.8 Å². The quantitative estimate of drug-likeness (QED) is 0.746. The maximum absolute atomic E-state index is 5.36. The van der Waals surface area contributed by atoms with Gasteiger partial charge in [-0.3, -0.25) is 0 Å². The Morgan fingerprint density at radius 3 is 2.56 bits per heavy atom. The molecule has 90 valence electrons. The van der Waals surface area contributed by atoms with Crippen LogP contribution in [0.1, 0.15) is 6.42 Å². The minimum absolute atomic E-state index is 0.667. The predicted molar refractivity (Wildman–Crippen MR) is 69.9 cm³/mol. The molecule has 0 aliphatic carbocycles. The van der Waals surface area contributed by atoms with Gasteiger partial charge in [-0.1, -0.05) is 15.9 Å². The summed E-state index contributed by atoms with van der Waals surface area (Å²) in [5.74, 6) is 0. The average molecular weight is 288 g/mol. The zero-order chi connectivity index (χ0) is 11.6. The van der Waals surface area contributed by atoms with Crippen LogP contribution in [-0.4, -0.2) is 33.5 Å². The number of nitrogens with one attached hydrogen (secondary N) is 1. The summed E-state index contributed by atoms with van der Waals surface area (Å²) in [7, 11) is 1.68. The van der Waals surface area contributed by atoms with Gasteiger partial charge in [0, 0.05) is 30.4 Å². The highest BCUT2D eigenvalue weighted by Crippen LogP contribution is 2.13. The molecule has 0 atom stereocenters. The lowest BCUT2D eigenvalue weighted by molar-refractivity contribution is 0.0705. The van der Waals surface area contributed by atoms with Gasteiger partial charge in [-0.25, -0.2) is 0 Å². The molecule has 0 saturated heterocycles. The zero-order valence-corrected chi connectivity index (χ0v) is 11.1. The van der Waals surface area contributed by atoms with Gasteiger partial charge in [0.15, 0.2) is 0 Å². The van der Waals surface area contributed by atoms with E-state index < -0.39 is 0 Å². The average Bonchev–Trinajstić information content (AvgIpc) is 2.30. The summed E-state index contributed by atoms with van der Waals surface area (Å²) in [6, 6.07) is 8.15. The topological polar surface area (TPSA) is 30.5 Å². The van der Waals surface area contributed by atoms with E-state index in [9.17, 15) is 0 Å². The molecule has 0 spiro atoms. The predicted octanol–water partition coefficient (Wildman–Crippen LogP) is 2.91. The van der Waals surface area contributed by atoms with Gasteiger partial charge in [-0.2, -0.15) is 0 Å². The van der Waals surface area contributed by atoms with E-state index in [-0.39, 0.29) is 0 Å². The molecule has 4 heteroatoms. The third kappa shape index (κ3) is 6.10. The van der Waals surface area contributed by atoms with Gasteiger partial charge in [-0.15, -0.1) is 0 Å². The molecule has 1 rings (SSSR count). The molecule has 0 unspecified atom stereocenters. The Morgan fingerprint density at radius 2 is 1.88 bits per heavy atom. The van der Waals surface area contributed by atoms with E-state index in [1.54, 1.807) is 7.11 Å². The van der Waals surface area contributed by atoms with Crippen molar-refractivity contribution in [3.05, 3.63) is 28.7 Å². The van der Waals surface area contributed by atoms with Crippen LogP contribution in [0.25, 0.3) is 0 Å². The van der Waals surface area contributed by atoms with E-state index in [2.05, 4.69) is 33.4 Å². The highest BCUT2D eigenvalue weighted by Gasteiger charge is 1.92.